The third-order valence-electron chi connectivity index (χ3n) is 2.79. The first-order valence-electron chi connectivity index (χ1n) is 5.64. The number of aryl methyl sites for hydroxylation is 2. The number of halogens is 2. The lowest BCUT2D eigenvalue weighted by molar-refractivity contribution is 0.0951. The van der Waals surface area contributed by atoms with Crippen LogP contribution in [-0.4, -0.2) is 11.1 Å². The quantitative estimate of drug-likeness (QED) is 0.817. The topological polar surface area (TPSA) is 55.1 Å². The van der Waals surface area contributed by atoms with Crippen molar-refractivity contribution in [1.29, 1.82) is 0 Å². The summed E-state index contributed by atoms with van der Waals surface area (Å²) in [6.07, 6.45) is 0. The molecule has 1 N–H and O–H groups in total. The summed E-state index contributed by atoms with van der Waals surface area (Å²) in [5, 5.41) is 7.25. The van der Waals surface area contributed by atoms with Crippen LogP contribution >= 0.6 is 34.2 Å². The highest BCUT2D eigenvalue weighted by Crippen LogP contribution is 2.19. The second kappa shape index (κ2) is 5.92. The molecule has 4 nitrogen and oxygen atoms in total. The third-order valence-corrected chi connectivity index (χ3v) is 4.36. The SMILES string of the molecule is Cc1noc(C)c1CNC(=O)c1ccc(I)c(Cl)c1. The number of nitrogens with zero attached hydrogens (tertiary/aromatic N) is 1. The Balaban J connectivity index is 2.07. The van der Waals surface area contributed by atoms with Crippen molar-refractivity contribution in [1.82, 2.24) is 10.5 Å². The lowest BCUT2D eigenvalue weighted by Crippen LogP contribution is -2.23. The van der Waals surface area contributed by atoms with E-state index in [-0.39, 0.29) is 5.91 Å². The Morgan fingerprint density at radius 3 is 2.79 bits per heavy atom. The van der Waals surface area contributed by atoms with E-state index in [2.05, 4.69) is 33.1 Å². The van der Waals surface area contributed by atoms with Crippen molar-refractivity contribution in [2.45, 2.75) is 20.4 Å². The molecule has 1 amide bonds. The molecule has 6 heteroatoms. The van der Waals surface area contributed by atoms with Crippen LogP contribution in [-0.2, 0) is 6.54 Å². The molecule has 1 heterocycles. The van der Waals surface area contributed by atoms with Gasteiger partial charge >= 0.3 is 0 Å². The molecule has 0 aliphatic rings. The number of benzene rings is 1. The Kier molecular flexibility index (Phi) is 4.46. The number of hydrogen-bond donors (Lipinski definition) is 1. The molecule has 0 radical (unpaired) electrons. The molecular weight excluding hydrogens is 379 g/mol. The smallest absolute Gasteiger partial charge is 0.251 e. The zero-order valence-corrected chi connectivity index (χ0v) is 13.4. The van der Waals surface area contributed by atoms with Crippen molar-refractivity contribution in [2.24, 2.45) is 0 Å². The molecule has 100 valence electrons. The fourth-order valence-corrected chi connectivity index (χ4v) is 2.18. The highest BCUT2D eigenvalue weighted by molar-refractivity contribution is 14.1. The minimum Gasteiger partial charge on any atom is -0.361 e. The van der Waals surface area contributed by atoms with E-state index in [1.54, 1.807) is 12.1 Å². The molecule has 1 aromatic carbocycles. The van der Waals surface area contributed by atoms with Gasteiger partial charge in [-0.3, -0.25) is 4.79 Å². The normalized spacial score (nSPS) is 10.5. The molecule has 2 rings (SSSR count). The van der Waals surface area contributed by atoms with E-state index in [1.165, 1.54) is 0 Å². The highest BCUT2D eigenvalue weighted by Gasteiger charge is 2.12. The zero-order valence-electron chi connectivity index (χ0n) is 10.5. The minimum atomic E-state index is -0.168. The van der Waals surface area contributed by atoms with E-state index in [4.69, 9.17) is 16.1 Å². The maximum atomic E-state index is 12.0. The van der Waals surface area contributed by atoms with Gasteiger partial charge in [-0.05, 0) is 54.6 Å². The van der Waals surface area contributed by atoms with Crippen molar-refractivity contribution in [3.8, 4) is 0 Å². The Hall–Kier alpha value is -1.08. The van der Waals surface area contributed by atoms with Gasteiger partial charge in [-0.15, -0.1) is 0 Å². The third kappa shape index (κ3) is 3.27. The average molecular weight is 391 g/mol. The Morgan fingerprint density at radius 1 is 1.47 bits per heavy atom. The highest BCUT2D eigenvalue weighted by atomic mass is 127. The molecule has 2 aromatic rings. The number of nitrogens with one attached hydrogen (secondary N) is 1. The van der Waals surface area contributed by atoms with Crippen LogP contribution in [0, 0.1) is 17.4 Å². The number of amides is 1. The van der Waals surface area contributed by atoms with Gasteiger partial charge in [0.15, 0.2) is 0 Å². The van der Waals surface area contributed by atoms with Crippen LogP contribution in [0.25, 0.3) is 0 Å². The number of rotatable bonds is 3. The van der Waals surface area contributed by atoms with Crippen molar-refractivity contribution < 1.29 is 9.32 Å². The molecule has 0 spiro atoms. The molecule has 1 aromatic heterocycles. The van der Waals surface area contributed by atoms with Crippen LogP contribution in [0.15, 0.2) is 22.7 Å². The van der Waals surface area contributed by atoms with Gasteiger partial charge in [0.25, 0.3) is 5.91 Å². The summed E-state index contributed by atoms with van der Waals surface area (Å²) >= 11 is 8.11. The summed E-state index contributed by atoms with van der Waals surface area (Å²) in [4.78, 5) is 12.0. The van der Waals surface area contributed by atoms with Gasteiger partial charge in [0.2, 0.25) is 0 Å². The Morgan fingerprint density at radius 2 is 2.21 bits per heavy atom. The second-order valence-corrected chi connectivity index (χ2v) is 5.68. The van der Waals surface area contributed by atoms with Crippen molar-refractivity contribution in [3.63, 3.8) is 0 Å². The van der Waals surface area contributed by atoms with E-state index >= 15 is 0 Å². The molecule has 19 heavy (non-hydrogen) atoms. The maximum Gasteiger partial charge on any atom is 0.251 e. The standard InChI is InChI=1S/C13H12ClIN2O2/c1-7-10(8(2)19-17-7)6-16-13(18)9-3-4-12(15)11(14)5-9/h3-5H,6H2,1-2H3,(H,16,18). The van der Waals surface area contributed by atoms with Crippen LogP contribution < -0.4 is 5.32 Å². The average Bonchev–Trinajstić information content (AvgIpc) is 2.69. The molecule has 0 aliphatic carbocycles. The predicted octanol–water partition coefficient (Wildman–Crippen LogP) is 3.48. The fraction of sp³-hybridized carbons (Fsp3) is 0.231. The summed E-state index contributed by atoms with van der Waals surface area (Å²) < 4.78 is 5.96. The van der Waals surface area contributed by atoms with Crippen molar-refractivity contribution >= 4 is 40.1 Å². The molecule has 0 bridgehead atoms. The number of carbonyl (C=O) groups excluding carboxylic acids is 1. The number of hydrogen-bond acceptors (Lipinski definition) is 3. The first-order valence-corrected chi connectivity index (χ1v) is 7.09. The zero-order chi connectivity index (χ0) is 14.0. The maximum absolute atomic E-state index is 12.0. The van der Waals surface area contributed by atoms with Gasteiger partial charge in [-0.2, -0.15) is 0 Å². The van der Waals surface area contributed by atoms with Gasteiger partial charge in [-0.1, -0.05) is 16.8 Å². The van der Waals surface area contributed by atoms with E-state index in [0.717, 1.165) is 20.6 Å². The monoisotopic (exact) mass is 390 g/mol. The molecule has 0 atom stereocenters. The first-order chi connectivity index (χ1) is 8.99. The van der Waals surface area contributed by atoms with E-state index in [9.17, 15) is 4.79 Å². The van der Waals surface area contributed by atoms with Crippen LogP contribution in [0.3, 0.4) is 0 Å². The van der Waals surface area contributed by atoms with Crippen LogP contribution in [0.5, 0.6) is 0 Å². The molecule has 0 unspecified atom stereocenters. The first kappa shape index (κ1) is 14.3. The molecule has 0 saturated carbocycles. The van der Waals surface area contributed by atoms with Gasteiger partial charge in [0, 0.05) is 21.2 Å². The Labute approximate surface area is 129 Å². The molecule has 0 fully saturated rings. The second-order valence-electron chi connectivity index (χ2n) is 4.11. The van der Waals surface area contributed by atoms with Gasteiger partial charge < -0.3 is 9.84 Å². The Bertz CT molecular complexity index is 606. The summed E-state index contributed by atoms with van der Waals surface area (Å²) in [5.41, 5.74) is 2.24. The fourth-order valence-electron chi connectivity index (χ4n) is 1.66. The minimum absolute atomic E-state index is 0.168. The van der Waals surface area contributed by atoms with Gasteiger partial charge in [-0.25, -0.2) is 0 Å². The van der Waals surface area contributed by atoms with Crippen molar-refractivity contribution in [3.05, 3.63) is 49.4 Å². The summed E-state index contributed by atoms with van der Waals surface area (Å²) in [7, 11) is 0. The summed E-state index contributed by atoms with van der Waals surface area (Å²) in [6, 6.07) is 5.22. The van der Waals surface area contributed by atoms with Crippen LogP contribution in [0.1, 0.15) is 27.4 Å². The van der Waals surface area contributed by atoms with E-state index < -0.39 is 0 Å². The molecular formula is C13H12ClIN2O2. The van der Waals surface area contributed by atoms with E-state index in [1.807, 2.05) is 19.9 Å². The van der Waals surface area contributed by atoms with Gasteiger partial charge in [0.1, 0.15) is 5.76 Å². The van der Waals surface area contributed by atoms with Crippen LogP contribution in [0.2, 0.25) is 5.02 Å². The molecule has 0 saturated heterocycles. The summed E-state index contributed by atoms with van der Waals surface area (Å²) in [5.74, 6) is 0.553. The summed E-state index contributed by atoms with van der Waals surface area (Å²) in [6.45, 7) is 4.06. The molecule has 0 aliphatic heterocycles. The van der Waals surface area contributed by atoms with E-state index in [0.29, 0.717) is 17.1 Å². The number of aromatic nitrogens is 1. The van der Waals surface area contributed by atoms with Crippen LogP contribution in [0.4, 0.5) is 0 Å². The largest absolute Gasteiger partial charge is 0.361 e. The lowest BCUT2D eigenvalue weighted by Gasteiger charge is -2.06. The predicted molar refractivity (Wildman–Crippen MR) is 81.3 cm³/mol. The van der Waals surface area contributed by atoms with Crippen molar-refractivity contribution in [2.75, 3.05) is 0 Å². The van der Waals surface area contributed by atoms with Gasteiger partial charge in [0.05, 0.1) is 10.7 Å². The lowest BCUT2D eigenvalue weighted by atomic mass is 10.2. The number of carbonyl (C=O) groups is 1.